The molecular weight excluding hydrogens is 423 g/mol. The lowest BCUT2D eigenvalue weighted by Gasteiger charge is -2.58. The van der Waals surface area contributed by atoms with Crippen molar-refractivity contribution in [3.63, 3.8) is 0 Å². The lowest BCUT2D eigenvalue weighted by atomic mass is 9.71. The monoisotopic (exact) mass is 446 g/mol. The maximum atomic E-state index is 13.5. The topological polar surface area (TPSA) is 70.1 Å². The summed E-state index contributed by atoms with van der Waals surface area (Å²) in [6, 6.07) is 19.2. The molecule has 7 heteroatoms. The Balaban J connectivity index is 1.52. The van der Waals surface area contributed by atoms with Crippen LogP contribution in [0.4, 0.5) is 10.1 Å². The summed E-state index contributed by atoms with van der Waals surface area (Å²) in [5.41, 5.74) is 2.53. The predicted molar refractivity (Wildman–Crippen MR) is 121 cm³/mol. The number of ether oxygens (including phenoxy) is 1. The second-order valence-corrected chi connectivity index (χ2v) is 8.27. The summed E-state index contributed by atoms with van der Waals surface area (Å²) >= 11 is 0. The van der Waals surface area contributed by atoms with Crippen molar-refractivity contribution in [2.75, 3.05) is 25.2 Å². The molecule has 0 saturated carbocycles. The van der Waals surface area contributed by atoms with Crippen molar-refractivity contribution in [3.05, 3.63) is 95.3 Å². The average molecular weight is 446 g/mol. The fraction of sp³-hybridized carbons (Fsp3) is 0.231. The predicted octanol–water partition coefficient (Wildman–Crippen LogP) is 3.46. The van der Waals surface area contributed by atoms with Gasteiger partial charge in [0.2, 0.25) is 0 Å². The van der Waals surface area contributed by atoms with Crippen molar-refractivity contribution >= 4 is 17.5 Å². The molecule has 2 aliphatic heterocycles. The van der Waals surface area contributed by atoms with Crippen LogP contribution in [0.1, 0.15) is 32.2 Å². The largest absolute Gasteiger partial charge is 0.497 e. The highest BCUT2D eigenvalue weighted by Crippen LogP contribution is 2.49. The van der Waals surface area contributed by atoms with E-state index >= 15 is 0 Å². The van der Waals surface area contributed by atoms with E-state index < -0.39 is 11.9 Å². The van der Waals surface area contributed by atoms with Crippen molar-refractivity contribution in [1.29, 1.82) is 0 Å². The Morgan fingerprint density at radius 3 is 2.48 bits per heavy atom. The van der Waals surface area contributed by atoms with E-state index in [1.807, 2.05) is 24.3 Å². The molecule has 1 N–H and O–H groups in total. The zero-order valence-electron chi connectivity index (χ0n) is 18.0. The molecule has 5 rings (SSSR count). The van der Waals surface area contributed by atoms with E-state index in [-0.39, 0.29) is 30.4 Å². The number of carbonyl (C=O) groups excluding carboxylic acids is 2. The first-order valence-electron chi connectivity index (χ1n) is 10.8. The van der Waals surface area contributed by atoms with Gasteiger partial charge in [-0.3, -0.25) is 9.59 Å². The van der Waals surface area contributed by atoms with E-state index in [0.29, 0.717) is 23.4 Å². The summed E-state index contributed by atoms with van der Waals surface area (Å²) in [6.07, 6.45) is 0. The average Bonchev–Trinajstić information content (AvgIpc) is 2.84. The Morgan fingerprint density at radius 1 is 1.00 bits per heavy atom. The summed E-state index contributed by atoms with van der Waals surface area (Å²) in [7, 11) is 1.55. The first-order chi connectivity index (χ1) is 16.0. The van der Waals surface area contributed by atoms with Crippen LogP contribution in [0.15, 0.2) is 72.8 Å². The molecule has 2 amide bonds. The zero-order chi connectivity index (χ0) is 23.1. The molecular formula is C26H23FN2O4. The van der Waals surface area contributed by atoms with Gasteiger partial charge in [0.1, 0.15) is 11.6 Å². The minimum absolute atomic E-state index is 0.0926. The van der Waals surface area contributed by atoms with E-state index in [1.54, 1.807) is 41.2 Å². The number of likely N-dealkylation sites (tertiary alicyclic amines) is 1. The maximum Gasteiger partial charge on any atom is 0.258 e. The van der Waals surface area contributed by atoms with Crippen LogP contribution in [0.3, 0.4) is 0 Å². The van der Waals surface area contributed by atoms with Crippen molar-refractivity contribution < 1.29 is 23.8 Å². The highest BCUT2D eigenvalue weighted by molar-refractivity contribution is 6.07. The van der Waals surface area contributed by atoms with Gasteiger partial charge in [0.25, 0.3) is 11.8 Å². The van der Waals surface area contributed by atoms with Crippen molar-refractivity contribution in [2.24, 2.45) is 0 Å². The molecule has 1 fully saturated rings. The molecule has 3 aromatic rings. The van der Waals surface area contributed by atoms with Gasteiger partial charge >= 0.3 is 0 Å². The van der Waals surface area contributed by atoms with Gasteiger partial charge in [-0.2, -0.15) is 0 Å². The van der Waals surface area contributed by atoms with Crippen LogP contribution in [-0.2, 0) is 0 Å². The number of aliphatic hydroxyl groups excluding tert-OH is 1. The minimum Gasteiger partial charge on any atom is -0.497 e. The van der Waals surface area contributed by atoms with Crippen LogP contribution in [-0.4, -0.2) is 54.2 Å². The number of nitrogens with zero attached hydrogens (tertiary/aromatic N) is 2. The molecule has 0 unspecified atom stereocenters. The molecule has 0 bridgehead atoms. The number of carbonyl (C=O) groups is 2. The van der Waals surface area contributed by atoms with Crippen LogP contribution in [0.5, 0.6) is 5.75 Å². The third-order valence-electron chi connectivity index (χ3n) is 6.57. The van der Waals surface area contributed by atoms with Gasteiger partial charge in [-0.05, 0) is 54.1 Å². The number of amides is 2. The van der Waals surface area contributed by atoms with Crippen LogP contribution in [0, 0.1) is 5.82 Å². The molecule has 3 aromatic carbocycles. The molecule has 168 valence electrons. The maximum absolute atomic E-state index is 13.5. The van der Waals surface area contributed by atoms with Crippen molar-refractivity contribution in [2.45, 2.75) is 18.0 Å². The van der Waals surface area contributed by atoms with E-state index in [1.165, 1.54) is 24.3 Å². The van der Waals surface area contributed by atoms with Crippen LogP contribution < -0.4 is 9.64 Å². The third-order valence-corrected chi connectivity index (χ3v) is 6.57. The Bertz CT molecular complexity index is 1210. The molecule has 0 aromatic heterocycles. The number of halogens is 1. The Hall–Kier alpha value is -3.71. The Morgan fingerprint density at radius 2 is 1.76 bits per heavy atom. The SMILES string of the molecule is COc1cccc(C(=O)N2C[C@H]3[C@@H](c4ccccc42)[C@@H](CO)N3C(=O)c2ccc(F)cc2)c1. The van der Waals surface area contributed by atoms with Gasteiger partial charge in [0, 0.05) is 29.3 Å². The molecule has 33 heavy (non-hydrogen) atoms. The van der Waals surface area contributed by atoms with Gasteiger partial charge < -0.3 is 19.6 Å². The van der Waals surface area contributed by atoms with E-state index in [0.717, 1.165) is 11.3 Å². The number of hydrogen-bond acceptors (Lipinski definition) is 4. The number of methoxy groups -OCH3 is 1. The van der Waals surface area contributed by atoms with Crippen LogP contribution in [0.2, 0.25) is 0 Å². The summed E-state index contributed by atoms with van der Waals surface area (Å²) in [5.74, 6) is -0.413. The molecule has 6 nitrogen and oxygen atoms in total. The van der Waals surface area contributed by atoms with Gasteiger partial charge in [0.15, 0.2) is 0 Å². The fourth-order valence-corrected chi connectivity index (χ4v) is 5.01. The normalized spacial score (nSPS) is 21.0. The minimum atomic E-state index is -0.423. The molecule has 1 saturated heterocycles. The Kier molecular flexibility index (Phi) is 5.34. The van der Waals surface area contributed by atoms with Gasteiger partial charge in [-0.1, -0.05) is 24.3 Å². The highest BCUT2D eigenvalue weighted by atomic mass is 19.1. The summed E-state index contributed by atoms with van der Waals surface area (Å²) in [6.45, 7) is 0.0907. The quantitative estimate of drug-likeness (QED) is 0.667. The first kappa shape index (κ1) is 21.2. The lowest BCUT2D eigenvalue weighted by Crippen LogP contribution is -2.70. The number of para-hydroxylation sites is 1. The van der Waals surface area contributed by atoms with Crippen LogP contribution in [0.25, 0.3) is 0 Å². The Labute approximate surface area is 190 Å². The molecule has 0 aliphatic carbocycles. The molecule has 0 radical (unpaired) electrons. The van der Waals surface area contributed by atoms with Crippen LogP contribution >= 0.6 is 0 Å². The van der Waals surface area contributed by atoms with Gasteiger partial charge in [-0.15, -0.1) is 0 Å². The number of rotatable bonds is 4. The van der Waals surface area contributed by atoms with Crippen molar-refractivity contribution in [3.8, 4) is 5.75 Å². The van der Waals surface area contributed by atoms with E-state index in [2.05, 4.69) is 0 Å². The number of anilines is 1. The van der Waals surface area contributed by atoms with E-state index in [4.69, 9.17) is 4.74 Å². The summed E-state index contributed by atoms with van der Waals surface area (Å²) < 4.78 is 18.6. The molecule has 2 heterocycles. The molecule has 3 atom stereocenters. The van der Waals surface area contributed by atoms with E-state index in [9.17, 15) is 19.1 Å². The number of hydrogen-bond donors (Lipinski definition) is 1. The lowest BCUT2D eigenvalue weighted by molar-refractivity contribution is -0.0246. The van der Waals surface area contributed by atoms with Crippen molar-refractivity contribution in [1.82, 2.24) is 4.90 Å². The second-order valence-electron chi connectivity index (χ2n) is 8.27. The second kappa shape index (κ2) is 8.33. The first-order valence-corrected chi connectivity index (χ1v) is 10.8. The van der Waals surface area contributed by atoms with Gasteiger partial charge in [0.05, 0.1) is 25.8 Å². The number of benzene rings is 3. The fourth-order valence-electron chi connectivity index (χ4n) is 5.01. The molecule has 2 aliphatic rings. The summed E-state index contributed by atoms with van der Waals surface area (Å²) in [5, 5.41) is 10.1. The summed E-state index contributed by atoms with van der Waals surface area (Å²) in [4.78, 5) is 30.1. The smallest absolute Gasteiger partial charge is 0.258 e. The molecule has 0 spiro atoms. The number of fused-ring (bicyclic) bond motifs is 3. The zero-order valence-corrected chi connectivity index (χ0v) is 18.0. The number of aliphatic hydroxyl groups is 1. The standard InChI is InChI=1S/C26H23FN2O4/c1-33-19-6-4-5-17(13-19)25(31)28-14-22-24(20-7-2-3-8-21(20)28)23(15-30)29(22)26(32)16-9-11-18(27)12-10-16/h2-13,22-24,30H,14-15H2,1H3/t22-,23+,24+/m0/s1. The van der Waals surface area contributed by atoms with Gasteiger partial charge in [-0.25, -0.2) is 4.39 Å². The third kappa shape index (κ3) is 3.45. The highest BCUT2D eigenvalue weighted by Gasteiger charge is 2.55.